The molecule has 4 rings (SSSR count). The van der Waals surface area contributed by atoms with E-state index < -0.39 is 0 Å². The van der Waals surface area contributed by atoms with Crippen LogP contribution in [0.3, 0.4) is 0 Å². The molecule has 0 fully saturated rings. The molecule has 2 aromatic carbocycles. The Morgan fingerprint density at radius 3 is 2.69 bits per heavy atom. The average molecular weight is 365 g/mol. The van der Waals surface area contributed by atoms with E-state index in [1.165, 1.54) is 11.8 Å². The first-order chi connectivity index (χ1) is 12.8. The van der Waals surface area contributed by atoms with Crippen LogP contribution in [0.5, 0.6) is 5.75 Å². The van der Waals surface area contributed by atoms with E-state index in [0.29, 0.717) is 5.75 Å². The second-order valence-electron chi connectivity index (χ2n) is 5.32. The Balaban J connectivity index is 1.56. The van der Waals surface area contributed by atoms with Gasteiger partial charge in [0.1, 0.15) is 12.1 Å². The van der Waals surface area contributed by atoms with Crippen LogP contribution in [0.1, 0.15) is 5.82 Å². The summed E-state index contributed by atoms with van der Waals surface area (Å²) in [5, 5.41) is 21.0. The fourth-order valence-electron chi connectivity index (χ4n) is 2.45. The van der Waals surface area contributed by atoms with Crippen molar-refractivity contribution in [2.45, 2.75) is 10.9 Å². The Morgan fingerprint density at radius 1 is 1.00 bits per heavy atom. The Morgan fingerprint density at radius 2 is 1.85 bits per heavy atom. The topological polar surface area (TPSA) is 83.5 Å². The molecule has 0 saturated carbocycles. The monoisotopic (exact) mass is 365 g/mol. The van der Waals surface area contributed by atoms with Crippen LogP contribution in [-0.2, 0) is 5.75 Å². The third-order valence-corrected chi connectivity index (χ3v) is 4.65. The summed E-state index contributed by atoms with van der Waals surface area (Å²) >= 11 is 1.51. The van der Waals surface area contributed by atoms with E-state index in [2.05, 4.69) is 25.7 Å². The van der Waals surface area contributed by atoms with Crippen LogP contribution in [0, 0.1) is 0 Å². The van der Waals surface area contributed by atoms with Gasteiger partial charge in [0.25, 0.3) is 0 Å². The van der Waals surface area contributed by atoms with E-state index in [0.717, 1.165) is 28.1 Å². The summed E-state index contributed by atoms with van der Waals surface area (Å²) in [4.78, 5) is 0. The number of benzene rings is 2. The summed E-state index contributed by atoms with van der Waals surface area (Å²) in [6.07, 6.45) is 1.68. The van der Waals surface area contributed by atoms with Crippen LogP contribution in [0.15, 0.2) is 66.1 Å². The number of aromatic nitrogens is 7. The van der Waals surface area contributed by atoms with Crippen LogP contribution in [0.25, 0.3) is 11.4 Å². The fraction of sp³-hybridized carbons (Fsp3) is 0.118. The number of thioether (sulfide) groups is 1. The second kappa shape index (κ2) is 7.36. The van der Waals surface area contributed by atoms with Gasteiger partial charge in [0.2, 0.25) is 0 Å². The largest absolute Gasteiger partial charge is 0.497 e. The minimum Gasteiger partial charge on any atom is -0.497 e. The van der Waals surface area contributed by atoms with Gasteiger partial charge in [0.05, 0.1) is 24.2 Å². The number of hydrogen-bond donors (Lipinski definition) is 0. The Labute approximate surface area is 153 Å². The number of hydrogen-bond acceptors (Lipinski definition) is 7. The zero-order chi connectivity index (χ0) is 17.8. The first-order valence-corrected chi connectivity index (χ1v) is 8.83. The van der Waals surface area contributed by atoms with Gasteiger partial charge in [-0.05, 0) is 34.7 Å². The molecule has 130 valence electrons. The minimum absolute atomic E-state index is 0.560. The standard InChI is InChI=1S/C17H15N7OS/c1-25-15-9-5-8-14(10-15)23-12-18-20-17(23)26-11-16-19-21-22-24(16)13-6-3-2-4-7-13/h2-10,12H,11H2,1H3. The fourth-order valence-corrected chi connectivity index (χ4v) is 3.29. The van der Waals surface area contributed by atoms with Gasteiger partial charge >= 0.3 is 0 Å². The molecule has 0 spiro atoms. The minimum atomic E-state index is 0.560. The van der Waals surface area contributed by atoms with Crippen LogP contribution in [0.2, 0.25) is 0 Å². The van der Waals surface area contributed by atoms with Crippen molar-refractivity contribution >= 4 is 11.8 Å². The molecule has 0 aliphatic rings. The third kappa shape index (κ3) is 3.29. The SMILES string of the molecule is COc1cccc(-n2cnnc2SCc2nnnn2-c2ccccc2)c1. The number of ether oxygens (including phenoxy) is 1. The van der Waals surface area contributed by atoms with Crippen molar-refractivity contribution in [3.8, 4) is 17.1 Å². The van der Waals surface area contributed by atoms with Gasteiger partial charge in [-0.25, -0.2) is 0 Å². The quantitative estimate of drug-likeness (QED) is 0.486. The predicted molar refractivity (Wildman–Crippen MR) is 96.6 cm³/mol. The highest BCUT2D eigenvalue weighted by atomic mass is 32.2. The zero-order valence-corrected chi connectivity index (χ0v) is 14.7. The highest BCUT2D eigenvalue weighted by molar-refractivity contribution is 7.98. The molecule has 0 unspecified atom stereocenters. The molecule has 9 heteroatoms. The van der Waals surface area contributed by atoms with Crippen LogP contribution < -0.4 is 4.74 Å². The lowest BCUT2D eigenvalue weighted by Crippen LogP contribution is -2.02. The molecular formula is C17H15N7OS. The number of rotatable bonds is 6. The van der Waals surface area contributed by atoms with Crippen LogP contribution in [-0.4, -0.2) is 42.1 Å². The number of nitrogens with zero attached hydrogens (tertiary/aromatic N) is 7. The molecule has 0 saturated heterocycles. The lowest BCUT2D eigenvalue weighted by Gasteiger charge is -2.08. The predicted octanol–water partition coefficient (Wildman–Crippen LogP) is 2.54. The lowest BCUT2D eigenvalue weighted by molar-refractivity contribution is 0.414. The van der Waals surface area contributed by atoms with Gasteiger partial charge in [-0.3, -0.25) is 4.57 Å². The summed E-state index contributed by atoms with van der Waals surface area (Å²) in [6, 6.07) is 17.5. The normalized spacial score (nSPS) is 10.8. The average Bonchev–Trinajstić information content (AvgIpc) is 3.36. The van der Waals surface area contributed by atoms with Crippen molar-refractivity contribution < 1.29 is 4.74 Å². The molecular weight excluding hydrogens is 350 g/mol. The molecule has 0 aliphatic heterocycles. The molecule has 8 nitrogen and oxygen atoms in total. The highest BCUT2D eigenvalue weighted by Crippen LogP contribution is 2.25. The van der Waals surface area contributed by atoms with Gasteiger partial charge in [-0.2, -0.15) is 4.68 Å². The van der Waals surface area contributed by atoms with E-state index in [1.54, 1.807) is 18.1 Å². The van der Waals surface area contributed by atoms with Crippen molar-refractivity contribution in [1.29, 1.82) is 0 Å². The molecule has 0 N–H and O–H groups in total. The van der Waals surface area contributed by atoms with Crippen molar-refractivity contribution in [3.63, 3.8) is 0 Å². The molecule has 0 amide bonds. The van der Waals surface area contributed by atoms with E-state index in [9.17, 15) is 0 Å². The van der Waals surface area contributed by atoms with Crippen molar-refractivity contribution in [2.75, 3.05) is 7.11 Å². The molecule has 2 heterocycles. The summed E-state index contributed by atoms with van der Waals surface area (Å²) in [5.74, 6) is 2.08. The lowest BCUT2D eigenvalue weighted by atomic mass is 10.3. The third-order valence-electron chi connectivity index (χ3n) is 3.71. The maximum absolute atomic E-state index is 5.29. The van der Waals surface area contributed by atoms with Gasteiger partial charge < -0.3 is 4.74 Å². The van der Waals surface area contributed by atoms with E-state index in [1.807, 2.05) is 59.2 Å². The Bertz CT molecular complexity index is 999. The molecule has 2 aromatic heterocycles. The van der Waals surface area contributed by atoms with Gasteiger partial charge in [-0.15, -0.1) is 15.3 Å². The molecule has 0 atom stereocenters. The Kier molecular flexibility index (Phi) is 4.61. The van der Waals surface area contributed by atoms with Gasteiger partial charge in [0, 0.05) is 6.07 Å². The maximum Gasteiger partial charge on any atom is 0.196 e. The Hall–Kier alpha value is -3.20. The molecule has 4 aromatic rings. The first kappa shape index (κ1) is 16.3. The summed E-state index contributed by atoms with van der Waals surface area (Å²) in [7, 11) is 1.64. The summed E-state index contributed by atoms with van der Waals surface area (Å²) < 4.78 is 8.91. The van der Waals surface area contributed by atoms with Crippen LogP contribution in [0.4, 0.5) is 0 Å². The van der Waals surface area contributed by atoms with Crippen LogP contribution >= 0.6 is 11.8 Å². The summed E-state index contributed by atoms with van der Waals surface area (Å²) in [6.45, 7) is 0. The number of methoxy groups -OCH3 is 1. The van der Waals surface area contributed by atoms with E-state index in [-0.39, 0.29) is 0 Å². The van der Waals surface area contributed by atoms with Crippen molar-refractivity contribution in [2.24, 2.45) is 0 Å². The summed E-state index contributed by atoms with van der Waals surface area (Å²) in [5.41, 5.74) is 1.85. The zero-order valence-electron chi connectivity index (χ0n) is 13.9. The molecule has 26 heavy (non-hydrogen) atoms. The number of para-hydroxylation sites is 1. The van der Waals surface area contributed by atoms with Gasteiger partial charge in [0.15, 0.2) is 11.0 Å². The van der Waals surface area contributed by atoms with Gasteiger partial charge in [-0.1, -0.05) is 36.0 Å². The molecule has 0 bridgehead atoms. The molecule has 0 aliphatic carbocycles. The van der Waals surface area contributed by atoms with E-state index in [4.69, 9.17) is 4.74 Å². The number of tetrazole rings is 1. The first-order valence-electron chi connectivity index (χ1n) is 7.85. The van der Waals surface area contributed by atoms with E-state index >= 15 is 0 Å². The van der Waals surface area contributed by atoms with Crippen molar-refractivity contribution in [3.05, 3.63) is 66.7 Å². The van der Waals surface area contributed by atoms with Crippen molar-refractivity contribution in [1.82, 2.24) is 35.0 Å². The second-order valence-corrected chi connectivity index (χ2v) is 6.26. The maximum atomic E-state index is 5.29. The molecule has 0 radical (unpaired) electrons. The smallest absolute Gasteiger partial charge is 0.196 e. The highest BCUT2D eigenvalue weighted by Gasteiger charge is 2.13.